The van der Waals surface area contributed by atoms with E-state index in [9.17, 15) is 0 Å². The molecule has 0 radical (unpaired) electrons. The Balaban J connectivity index is 1.93. The molecule has 2 atom stereocenters. The molecule has 3 nitrogen and oxygen atoms in total. The van der Waals surface area contributed by atoms with Gasteiger partial charge in [0.15, 0.2) is 6.10 Å². The molecule has 0 bridgehead atoms. The highest BCUT2D eigenvalue weighted by Crippen LogP contribution is 2.27. The number of fused-ring (bicyclic) bond motifs is 1. The number of nitrogens with zero attached hydrogens (tertiary/aromatic N) is 1. The minimum Gasteiger partial charge on any atom is -0.389 e. The van der Waals surface area contributed by atoms with Gasteiger partial charge in [-0.3, -0.25) is 0 Å². The monoisotopic (exact) mass is 189 g/mol. The van der Waals surface area contributed by atoms with E-state index >= 15 is 0 Å². The topological polar surface area (TPSA) is 30.8 Å². The standard InChI is InChI=1S/C11H11NO2/c1-2-4-8(5-3-1)11-9-6-13-7-10(9)14-12-11/h1-5,9-10H,6-7H2/t9-,10+/m0/s1. The molecule has 0 aromatic heterocycles. The lowest BCUT2D eigenvalue weighted by Gasteiger charge is -2.06. The van der Waals surface area contributed by atoms with Crippen LogP contribution in [0.3, 0.4) is 0 Å². The Hall–Kier alpha value is -1.35. The van der Waals surface area contributed by atoms with Gasteiger partial charge >= 0.3 is 0 Å². The molecule has 72 valence electrons. The maximum absolute atomic E-state index is 5.36. The van der Waals surface area contributed by atoms with Crippen molar-refractivity contribution in [1.29, 1.82) is 0 Å². The number of rotatable bonds is 1. The molecule has 0 amide bonds. The van der Waals surface area contributed by atoms with Crippen molar-refractivity contribution in [3.63, 3.8) is 0 Å². The second-order valence-corrected chi connectivity index (χ2v) is 3.63. The summed E-state index contributed by atoms with van der Waals surface area (Å²) in [6.07, 6.45) is 0.144. The van der Waals surface area contributed by atoms with Crippen molar-refractivity contribution in [2.75, 3.05) is 13.2 Å². The summed E-state index contributed by atoms with van der Waals surface area (Å²) in [5, 5.41) is 4.13. The smallest absolute Gasteiger partial charge is 0.161 e. The first-order valence-corrected chi connectivity index (χ1v) is 4.82. The Labute approximate surface area is 82.3 Å². The summed E-state index contributed by atoms with van der Waals surface area (Å²) in [6.45, 7) is 1.41. The zero-order chi connectivity index (χ0) is 9.38. The Morgan fingerprint density at radius 2 is 2.00 bits per heavy atom. The van der Waals surface area contributed by atoms with Crippen LogP contribution >= 0.6 is 0 Å². The van der Waals surface area contributed by atoms with Gasteiger partial charge in [0, 0.05) is 0 Å². The zero-order valence-corrected chi connectivity index (χ0v) is 7.72. The zero-order valence-electron chi connectivity index (χ0n) is 7.72. The van der Waals surface area contributed by atoms with Gasteiger partial charge in [0.2, 0.25) is 0 Å². The lowest BCUT2D eigenvalue weighted by molar-refractivity contribution is 0.0558. The van der Waals surface area contributed by atoms with Crippen LogP contribution in [0.4, 0.5) is 0 Å². The SMILES string of the molecule is c1ccc(C2=NO[C@@H]3COC[C@H]23)cc1. The van der Waals surface area contributed by atoms with Gasteiger partial charge in [0.25, 0.3) is 0 Å². The molecule has 1 saturated heterocycles. The summed E-state index contributed by atoms with van der Waals surface area (Å²) in [5.74, 6) is 0.331. The van der Waals surface area contributed by atoms with E-state index in [2.05, 4.69) is 17.3 Å². The minimum absolute atomic E-state index is 0.144. The third-order valence-electron chi connectivity index (χ3n) is 2.74. The van der Waals surface area contributed by atoms with Gasteiger partial charge < -0.3 is 9.57 Å². The average Bonchev–Trinajstić information content (AvgIpc) is 2.79. The second kappa shape index (κ2) is 3.10. The van der Waals surface area contributed by atoms with Gasteiger partial charge in [0.05, 0.1) is 24.8 Å². The summed E-state index contributed by atoms with van der Waals surface area (Å²) in [4.78, 5) is 5.31. The average molecular weight is 189 g/mol. The van der Waals surface area contributed by atoms with Crippen molar-refractivity contribution in [2.24, 2.45) is 11.1 Å². The third-order valence-corrected chi connectivity index (χ3v) is 2.74. The van der Waals surface area contributed by atoms with Crippen LogP contribution in [0.2, 0.25) is 0 Å². The Kier molecular flexibility index (Phi) is 1.77. The van der Waals surface area contributed by atoms with E-state index in [1.807, 2.05) is 18.2 Å². The molecule has 2 aliphatic heterocycles. The van der Waals surface area contributed by atoms with Crippen LogP contribution in [-0.2, 0) is 9.57 Å². The maximum atomic E-state index is 5.36. The number of ether oxygens (including phenoxy) is 1. The first-order valence-electron chi connectivity index (χ1n) is 4.82. The molecule has 3 rings (SSSR count). The van der Waals surface area contributed by atoms with E-state index in [-0.39, 0.29) is 6.10 Å². The summed E-state index contributed by atoms with van der Waals surface area (Å²) < 4.78 is 5.36. The summed E-state index contributed by atoms with van der Waals surface area (Å²) in [6, 6.07) is 10.1. The van der Waals surface area contributed by atoms with Crippen LogP contribution in [0.1, 0.15) is 5.56 Å². The van der Waals surface area contributed by atoms with Gasteiger partial charge in [-0.15, -0.1) is 0 Å². The molecule has 1 aromatic carbocycles. The number of oxime groups is 1. The van der Waals surface area contributed by atoms with Crippen molar-refractivity contribution in [2.45, 2.75) is 6.10 Å². The van der Waals surface area contributed by atoms with Gasteiger partial charge in [-0.05, 0) is 5.56 Å². The molecule has 3 heteroatoms. The molecular weight excluding hydrogens is 178 g/mol. The Morgan fingerprint density at radius 3 is 2.86 bits per heavy atom. The maximum Gasteiger partial charge on any atom is 0.161 e. The largest absolute Gasteiger partial charge is 0.389 e. The first kappa shape index (κ1) is 8.00. The molecule has 2 heterocycles. The van der Waals surface area contributed by atoms with Gasteiger partial charge in [-0.25, -0.2) is 0 Å². The molecule has 1 fully saturated rings. The fourth-order valence-corrected chi connectivity index (χ4v) is 1.96. The van der Waals surface area contributed by atoms with Gasteiger partial charge in [0.1, 0.15) is 0 Å². The molecule has 14 heavy (non-hydrogen) atoms. The van der Waals surface area contributed by atoms with Crippen LogP contribution < -0.4 is 0 Å². The summed E-state index contributed by atoms with van der Waals surface area (Å²) in [5.41, 5.74) is 2.18. The molecular formula is C11H11NO2. The highest BCUT2D eigenvalue weighted by molar-refractivity contribution is 6.03. The van der Waals surface area contributed by atoms with Crippen LogP contribution in [0, 0.1) is 5.92 Å². The number of benzene rings is 1. The minimum atomic E-state index is 0.144. The lowest BCUT2D eigenvalue weighted by atomic mass is 9.95. The van der Waals surface area contributed by atoms with Gasteiger partial charge in [-0.2, -0.15) is 0 Å². The molecule has 0 saturated carbocycles. The van der Waals surface area contributed by atoms with Crippen LogP contribution in [0.25, 0.3) is 0 Å². The number of hydrogen-bond donors (Lipinski definition) is 0. The van der Waals surface area contributed by atoms with E-state index in [1.165, 1.54) is 0 Å². The molecule has 0 unspecified atom stereocenters. The number of hydrogen-bond acceptors (Lipinski definition) is 3. The van der Waals surface area contributed by atoms with E-state index in [4.69, 9.17) is 9.57 Å². The van der Waals surface area contributed by atoms with Crippen molar-refractivity contribution < 1.29 is 9.57 Å². The van der Waals surface area contributed by atoms with Gasteiger partial charge in [-0.1, -0.05) is 35.5 Å². The fourth-order valence-electron chi connectivity index (χ4n) is 1.96. The Bertz CT molecular complexity index is 361. The lowest BCUT2D eigenvalue weighted by Crippen LogP contribution is -2.21. The first-order chi connectivity index (χ1) is 6.95. The second-order valence-electron chi connectivity index (χ2n) is 3.63. The van der Waals surface area contributed by atoms with E-state index in [0.29, 0.717) is 12.5 Å². The van der Waals surface area contributed by atoms with Crippen LogP contribution in [-0.4, -0.2) is 25.0 Å². The quantitative estimate of drug-likeness (QED) is 0.669. The Morgan fingerprint density at radius 1 is 1.14 bits per heavy atom. The summed E-state index contributed by atoms with van der Waals surface area (Å²) >= 11 is 0. The van der Waals surface area contributed by atoms with Crippen molar-refractivity contribution in [3.05, 3.63) is 35.9 Å². The molecule has 0 N–H and O–H groups in total. The van der Waals surface area contributed by atoms with Crippen LogP contribution in [0.15, 0.2) is 35.5 Å². The predicted octanol–water partition coefficient (Wildman–Crippen LogP) is 1.44. The molecule has 2 aliphatic rings. The van der Waals surface area contributed by atoms with Crippen molar-refractivity contribution >= 4 is 5.71 Å². The third kappa shape index (κ3) is 1.13. The van der Waals surface area contributed by atoms with E-state index in [1.54, 1.807) is 0 Å². The molecule has 0 aliphatic carbocycles. The van der Waals surface area contributed by atoms with Crippen molar-refractivity contribution in [1.82, 2.24) is 0 Å². The van der Waals surface area contributed by atoms with E-state index in [0.717, 1.165) is 17.9 Å². The predicted molar refractivity (Wildman–Crippen MR) is 52.2 cm³/mol. The highest BCUT2D eigenvalue weighted by Gasteiger charge is 2.39. The normalized spacial score (nSPS) is 29.6. The van der Waals surface area contributed by atoms with Crippen LogP contribution in [0.5, 0.6) is 0 Å². The molecule has 1 aromatic rings. The highest BCUT2D eigenvalue weighted by atomic mass is 16.7. The summed E-state index contributed by atoms with van der Waals surface area (Å²) in [7, 11) is 0. The fraction of sp³-hybridized carbons (Fsp3) is 0.364. The molecule has 0 spiro atoms. The van der Waals surface area contributed by atoms with E-state index < -0.39 is 0 Å². The van der Waals surface area contributed by atoms with Crippen molar-refractivity contribution in [3.8, 4) is 0 Å².